The van der Waals surface area contributed by atoms with Gasteiger partial charge in [0.2, 0.25) is 0 Å². The number of hydroxylamine groups is 1. The largest absolute Gasteiger partial charge is 0.358 e. The molecule has 0 spiro atoms. The van der Waals surface area contributed by atoms with Crippen molar-refractivity contribution in [2.24, 2.45) is 5.16 Å². The smallest absolute Gasteiger partial charge is 0.263 e. The van der Waals surface area contributed by atoms with E-state index in [0.29, 0.717) is 11.1 Å². The first-order chi connectivity index (χ1) is 22.0. The Bertz CT molecular complexity index is 2140. The highest BCUT2D eigenvalue weighted by atomic mass is 32.2. The zero-order valence-corrected chi connectivity index (χ0v) is 26.2. The molecule has 0 saturated carbocycles. The van der Waals surface area contributed by atoms with Crippen LogP contribution >= 0.6 is 0 Å². The lowest BCUT2D eigenvalue weighted by molar-refractivity contribution is 0.242. The molecule has 0 saturated heterocycles. The third kappa shape index (κ3) is 9.13. The minimum atomic E-state index is -4.32. The van der Waals surface area contributed by atoms with Crippen LogP contribution in [-0.4, -0.2) is 22.5 Å². The topological polar surface area (TPSA) is 159 Å². The number of nitrogens with one attached hydrogen (secondary N) is 1. The maximum Gasteiger partial charge on any atom is 0.358 e. The Hall–Kier alpha value is -5.75. The van der Waals surface area contributed by atoms with E-state index >= 15 is 0 Å². The number of allylic oxidation sites excluding steroid dienone is 2. The highest BCUT2D eigenvalue weighted by Gasteiger charge is 2.18. The van der Waals surface area contributed by atoms with Crippen LogP contribution in [0.25, 0.3) is 23.3 Å². The Morgan fingerprint density at radius 2 is 1.20 bits per heavy atom. The number of hydrogen-bond donors (Lipinski definition) is 1. The first kappa shape index (κ1) is 33.1. The predicted molar refractivity (Wildman–Crippen MR) is 173 cm³/mol. The van der Waals surface area contributed by atoms with Crippen LogP contribution in [0.2, 0.25) is 0 Å². The van der Waals surface area contributed by atoms with Crippen LogP contribution in [0.1, 0.15) is 22.3 Å². The summed E-state index contributed by atoms with van der Waals surface area (Å²) >= 11 is 0. The zero-order chi connectivity index (χ0) is 33.2. The van der Waals surface area contributed by atoms with Crippen LogP contribution in [-0.2, 0) is 28.8 Å². The van der Waals surface area contributed by atoms with Gasteiger partial charge < -0.3 is 0 Å². The zero-order valence-electron chi connectivity index (χ0n) is 24.6. The summed E-state index contributed by atoms with van der Waals surface area (Å²) in [5, 5.41) is 22.1. The van der Waals surface area contributed by atoms with E-state index in [0.717, 1.165) is 22.3 Å². The summed E-state index contributed by atoms with van der Waals surface area (Å²) in [6, 6.07) is 29.7. The van der Waals surface area contributed by atoms with E-state index in [1.54, 1.807) is 18.2 Å². The number of aryl methyl sites for hydroxylation is 2. The summed E-state index contributed by atoms with van der Waals surface area (Å²) in [5.74, 6) is 0. The molecular weight excluding hydrogens is 625 g/mol. The van der Waals surface area contributed by atoms with Crippen LogP contribution in [0.4, 0.5) is 0 Å². The predicted octanol–water partition coefficient (Wildman–Crippen LogP) is 6.20. The van der Waals surface area contributed by atoms with E-state index in [-0.39, 0.29) is 21.2 Å². The molecule has 0 aliphatic carbocycles. The van der Waals surface area contributed by atoms with Gasteiger partial charge in [0.05, 0.1) is 4.90 Å². The fraction of sp³-hybridized carbons (Fsp3) is 0.0588. The summed E-state index contributed by atoms with van der Waals surface area (Å²) in [4.78, 5) is -0.380. The van der Waals surface area contributed by atoms with Gasteiger partial charge in [0.15, 0.2) is 11.4 Å². The van der Waals surface area contributed by atoms with Crippen molar-refractivity contribution in [3.05, 3.63) is 137 Å². The van der Waals surface area contributed by atoms with E-state index < -0.39 is 20.2 Å². The Kier molecular flexibility index (Phi) is 10.7. The summed E-state index contributed by atoms with van der Waals surface area (Å²) in [6.07, 6.45) is 4.47. The second kappa shape index (κ2) is 14.8. The van der Waals surface area contributed by atoms with Crippen molar-refractivity contribution in [2.45, 2.75) is 23.6 Å². The van der Waals surface area contributed by atoms with Crippen molar-refractivity contribution >= 4 is 38.1 Å². The molecular formula is C34H26N4O6S2. The molecule has 4 aromatic carbocycles. The number of nitriles is 2. The quantitative estimate of drug-likeness (QED) is 0.0863. The van der Waals surface area contributed by atoms with Gasteiger partial charge in [0.25, 0.3) is 0 Å². The molecule has 4 aromatic rings. The van der Waals surface area contributed by atoms with Crippen molar-refractivity contribution in [2.75, 3.05) is 0 Å². The Balaban J connectivity index is 1.40. The van der Waals surface area contributed by atoms with Gasteiger partial charge in [0.1, 0.15) is 17.0 Å². The minimum Gasteiger partial charge on any atom is -0.263 e. The number of rotatable bonds is 11. The van der Waals surface area contributed by atoms with Crippen molar-refractivity contribution in [1.82, 2.24) is 5.48 Å². The van der Waals surface area contributed by atoms with E-state index in [9.17, 15) is 27.4 Å². The summed E-state index contributed by atoms with van der Waals surface area (Å²) in [7, 11) is -8.61. The molecule has 0 amide bonds. The average molecular weight is 651 g/mol. The summed E-state index contributed by atoms with van der Waals surface area (Å²) in [6.45, 7) is 3.88. The van der Waals surface area contributed by atoms with Crippen molar-refractivity contribution in [3.8, 4) is 23.3 Å². The van der Waals surface area contributed by atoms with Crippen LogP contribution in [0.5, 0.6) is 0 Å². The number of benzene rings is 4. The Labute approximate surface area is 267 Å². The molecule has 12 heteroatoms. The molecule has 0 fully saturated rings. The first-order valence-electron chi connectivity index (χ1n) is 13.5. The van der Waals surface area contributed by atoms with Gasteiger partial charge in [-0.05, 0) is 72.5 Å². The molecule has 0 atom stereocenters. The molecule has 1 N–H and O–H groups in total. The molecule has 0 heterocycles. The molecule has 0 unspecified atom stereocenters. The van der Waals surface area contributed by atoms with Crippen LogP contribution in [0, 0.1) is 36.5 Å². The SMILES string of the molecule is Cc1ccc(C=C=C(C#N)NOS(=O)(=O)c2ccc(-c3ccc(S(=O)(=O)ON=C(C#N)C=Cc4ccc(C)cc4)cc3)cc2)cc1. The van der Waals surface area contributed by atoms with Gasteiger partial charge in [-0.3, -0.25) is 4.28 Å². The van der Waals surface area contributed by atoms with Gasteiger partial charge in [-0.2, -0.15) is 27.4 Å². The second-order valence-corrected chi connectivity index (χ2v) is 12.8. The Morgan fingerprint density at radius 1 is 0.696 bits per heavy atom. The van der Waals surface area contributed by atoms with Gasteiger partial charge in [-0.1, -0.05) is 101 Å². The van der Waals surface area contributed by atoms with E-state index in [1.165, 1.54) is 60.7 Å². The minimum absolute atomic E-state index is 0.182. The molecule has 0 bridgehead atoms. The maximum atomic E-state index is 12.7. The fourth-order valence-electron chi connectivity index (χ4n) is 3.75. The van der Waals surface area contributed by atoms with Crippen LogP contribution in [0.3, 0.4) is 0 Å². The molecule has 10 nitrogen and oxygen atoms in total. The fourth-order valence-corrected chi connectivity index (χ4v) is 5.24. The highest BCUT2D eigenvalue weighted by molar-refractivity contribution is 7.87. The van der Waals surface area contributed by atoms with Crippen LogP contribution < -0.4 is 5.48 Å². The van der Waals surface area contributed by atoms with E-state index in [4.69, 9.17) is 8.57 Å². The third-order valence-corrected chi connectivity index (χ3v) is 8.58. The van der Waals surface area contributed by atoms with Gasteiger partial charge >= 0.3 is 20.2 Å². The number of hydrogen-bond acceptors (Lipinski definition) is 10. The lowest BCUT2D eigenvalue weighted by Crippen LogP contribution is -2.19. The second-order valence-electron chi connectivity index (χ2n) is 9.74. The monoisotopic (exact) mass is 650 g/mol. The molecule has 0 aliphatic heterocycles. The standard InChI is InChI=1S/C34H26N4O6S2/c1-25-3-7-27(8-4-25)11-17-31(23-35)37-43-45(39,40)33-19-13-29(14-20-33)30-15-21-34(22-16-30)46(41,42)44-38-32(24-36)18-12-28-9-5-26(2)6-10-28/h3-17,19-22,38H,1-2H3. The first-order valence-corrected chi connectivity index (χ1v) is 16.3. The van der Waals surface area contributed by atoms with Crippen molar-refractivity contribution < 1.29 is 25.4 Å². The number of oxime groups is 1. The van der Waals surface area contributed by atoms with Gasteiger partial charge in [0, 0.05) is 0 Å². The van der Waals surface area contributed by atoms with E-state index in [1.807, 2.05) is 62.4 Å². The normalized spacial score (nSPS) is 11.6. The molecule has 4 rings (SSSR count). The van der Waals surface area contributed by atoms with Crippen LogP contribution in [0.15, 0.2) is 130 Å². The third-order valence-electron chi connectivity index (χ3n) is 6.30. The lowest BCUT2D eigenvalue weighted by atomic mass is 10.1. The average Bonchev–Trinajstić information content (AvgIpc) is 3.06. The molecule has 0 aliphatic rings. The maximum absolute atomic E-state index is 12.7. The molecule has 46 heavy (non-hydrogen) atoms. The highest BCUT2D eigenvalue weighted by Crippen LogP contribution is 2.24. The van der Waals surface area contributed by atoms with Gasteiger partial charge in [-0.15, -0.1) is 4.28 Å². The molecule has 0 radical (unpaired) electrons. The summed E-state index contributed by atoms with van der Waals surface area (Å²) in [5.41, 5.74) is 9.16. The Morgan fingerprint density at radius 3 is 1.70 bits per heavy atom. The van der Waals surface area contributed by atoms with Gasteiger partial charge in [-0.25, -0.2) is 5.48 Å². The molecule has 230 valence electrons. The number of nitrogens with zero attached hydrogens (tertiary/aromatic N) is 3. The molecule has 0 aromatic heterocycles. The van der Waals surface area contributed by atoms with Crippen molar-refractivity contribution in [1.29, 1.82) is 10.5 Å². The lowest BCUT2D eigenvalue weighted by Gasteiger charge is -2.07. The van der Waals surface area contributed by atoms with E-state index in [2.05, 4.69) is 16.4 Å². The summed E-state index contributed by atoms with van der Waals surface area (Å²) < 4.78 is 60.2. The van der Waals surface area contributed by atoms with Crippen molar-refractivity contribution in [3.63, 3.8) is 0 Å².